The van der Waals surface area contributed by atoms with Crippen LogP contribution < -0.4 is 5.32 Å². The predicted octanol–water partition coefficient (Wildman–Crippen LogP) is 2.97. The van der Waals surface area contributed by atoms with Gasteiger partial charge in [-0.2, -0.15) is 5.10 Å². The molecular formula is C12H20BrN3. The summed E-state index contributed by atoms with van der Waals surface area (Å²) in [5, 5.41) is 7.84. The third-order valence-corrected chi connectivity index (χ3v) is 4.34. The van der Waals surface area contributed by atoms with E-state index >= 15 is 0 Å². The lowest BCUT2D eigenvalue weighted by molar-refractivity contribution is 0.411. The van der Waals surface area contributed by atoms with E-state index < -0.39 is 0 Å². The minimum Gasteiger partial charge on any atom is -0.311 e. The monoisotopic (exact) mass is 285 g/mol. The molecule has 1 aliphatic rings. The molecular weight excluding hydrogens is 266 g/mol. The van der Waals surface area contributed by atoms with Crippen LogP contribution in [0.25, 0.3) is 0 Å². The van der Waals surface area contributed by atoms with Crippen molar-refractivity contribution in [1.82, 2.24) is 15.1 Å². The van der Waals surface area contributed by atoms with Gasteiger partial charge in [-0.1, -0.05) is 13.8 Å². The second kappa shape index (κ2) is 4.15. The molecule has 0 saturated heterocycles. The zero-order valence-corrected chi connectivity index (χ0v) is 12.0. The predicted molar refractivity (Wildman–Crippen MR) is 69.3 cm³/mol. The van der Waals surface area contributed by atoms with Crippen molar-refractivity contribution in [3.05, 3.63) is 16.4 Å². The van der Waals surface area contributed by atoms with Crippen LogP contribution in [0.3, 0.4) is 0 Å². The molecule has 3 nitrogen and oxygen atoms in total. The number of nitrogens with one attached hydrogen (secondary N) is 1. The summed E-state index contributed by atoms with van der Waals surface area (Å²) in [6, 6.07) is 0.409. The van der Waals surface area contributed by atoms with E-state index in [0.29, 0.717) is 11.5 Å². The molecule has 1 aromatic heterocycles. The summed E-state index contributed by atoms with van der Waals surface area (Å²) >= 11 is 3.61. The fourth-order valence-corrected chi connectivity index (χ4v) is 3.08. The highest BCUT2D eigenvalue weighted by Gasteiger charge is 2.51. The summed E-state index contributed by atoms with van der Waals surface area (Å²) in [5.74, 6) is 0.718. The smallest absolute Gasteiger partial charge is 0.0698 e. The Morgan fingerprint density at radius 2 is 2.31 bits per heavy atom. The number of aromatic nitrogens is 2. The summed E-state index contributed by atoms with van der Waals surface area (Å²) in [6.45, 7) is 7.73. The number of halogens is 1. The van der Waals surface area contributed by atoms with E-state index in [9.17, 15) is 0 Å². The average molecular weight is 286 g/mol. The minimum absolute atomic E-state index is 0.409. The van der Waals surface area contributed by atoms with Crippen molar-refractivity contribution in [3.8, 4) is 0 Å². The molecule has 2 rings (SSSR count). The number of aryl methyl sites for hydroxylation is 1. The van der Waals surface area contributed by atoms with Crippen LogP contribution >= 0.6 is 15.9 Å². The largest absolute Gasteiger partial charge is 0.311 e. The van der Waals surface area contributed by atoms with Gasteiger partial charge >= 0.3 is 0 Å². The molecule has 2 atom stereocenters. The summed E-state index contributed by atoms with van der Waals surface area (Å²) in [5.41, 5.74) is 1.76. The number of nitrogens with zero attached hydrogens (tertiary/aromatic N) is 2. The second-order valence-corrected chi connectivity index (χ2v) is 6.11. The molecule has 0 amide bonds. The van der Waals surface area contributed by atoms with E-state index in [1.807, 2.05) is 13.2 Å². The lowest BCUT2D eigenvalue weighted by Gasteiger charge is -2.20. The van der Waals surface area contributed by atoms with Crippen LogP contribution in [0.4, 0.5) is 0 Å². The van der Waals surface area contributed by atoms with Crippen LogP contribution in [-0.4, -0.2) is 16.8 Å². The van der Waals surface area contributed by atoms with Gasteiger partial charge in [-0.15, -0.1) is 0 Å². The molecule has 1 saturated carbocycles. The Balaban J connectivity index is 2.30. The van der Waals surface area contributed by atoms with E-state index in [0.717, 1.165) is 16.9 Å². The minimum atomic E-state index is 0.409. The lowest BCUT2D eigenvalue weighted by Crippen LogP contribution is -2.24. The molecule has 1 heterocycles. The molecule has 1 fully saturated rings. The highest BCUT2D eigenvalue weighted by molar-refractivity contribution is 9.10. The summed E-state index contributed by atoms with van der Waals surface area (Å²) in [6.07, 6.45) is 3.19. The normalized spacial score (nSPS) is 24.4. The molecule has 90 valence electrons. The van der Waals surface area contributed by atoms with Gasteiger partial charge in [0.15, 0.2) is 0 Å². The SMILES string of the molecule is CCn1ncc(Br)c1C(NC)C1CC1(C)C. The molecule has 1 aliphatic carbocycles. The van der Waals surface area contributed by atoms with Gasteiger partial charge in [0.1, 0.15) is 0 Å². The summed E-state index contributed by atoms with van der Waals surface area (Å²) < 4.78 is 3.20. The van der Waals surface area contributed by atoms with Gasteiger partial charge in [0, 0.05) is 6.54 Å². The quantitative estimate of drug-likeness (QED) is 0.922. The molecule has 0 aliphatic heterocycles. The highest BCUT2D eigenvalue weighted by atomic mass is 79.9. The van der Waals surface area contributed by atoms with E-state index in [2.05, 4.69) is 51.8 Å². The second-order valence-electron chi connectivity index (χ2n) is 5.26. The third kappa shape index (κ3) is 1.93. The first-order valence-corrected chi connectivity index (χ1v) is 6.69. The van der Waals surface area contributed by atoms with Crippen molar-refractivity contribution >= 4 is 15.9 Å². The zero-order chi connectivity index (χ0) is 11.9. The molecule has 16 heavy (non-hydrogen) atoms. The first-order chi connectivity index (χ1) is 7.51. The van der Waals surface area contributed by atoms with Crippen molar-refractivity contribution in [2.75, 3.05) is 7.05 Å². The maximum atomic E-state index is 4.39. The summed E-state index contributed by atoms with van der Waals surface area (Å²) in [7, 11) is 2.04. The molecule has 0 spiro atoms. The fourth-order valence-electron chi connectivity index (χ4n) is 2.54. The van der Waals surface area contributed by atoms with E-state index in [1.54, 1.807) is 0 Å². The molecule has 1 aromatic rings. The fraction of sp³-hybridized carbons (Fsp3) is 0.750. The molecule has 0 aromatic carbocycles. The molecule has 1 N–H and O–H groups in total. The van der Waals surface area contributed by atoms with Gasteiger partial charge in [0.05, 0.1) is 22.4 Å². The average Bonchev–Trinajstić information content (AvgIpc) is 2.69. The van der Waals surface area contributed by atoms with Crippen LogP contribution in [0.5, 0.6) is 0 Å². The number of hydrogen-bond donors (Lipinski definition) is 1. The Kier molecular flexibility index (Phi) is 3.14. The molecule has 2 unspecified atom stereocenters. The van der Waals surface area contributed by atoms with Crippen LogP contribution in [0.15, 0.2) is 10.7 Å². The first kappa shape index (κ1) is 12.1. The van der Waals surface area contributed by atoms with E-state index in [1.165, 1.54) is 12.1 Å². The highest BCUT2D eigenvalue weighted by Crippen LogP contribution is 2.58. The number of rotatable bonds is 4. The van der Waals surface area contributed by atoms with Gasteiger partial charge in [-0.3, -0.25) is 4.68 Å². The maximum absolute atomic E-state index is 4.39. The Morgan fingerprint density at radius 1 is 1.69 bits per heavy atom. The molecule has 4 heteroatoms. The van der Waals surface area contributed by atoms with E-state index in [4.69, 9.17) is 0 Å². The van der Waals surface area contributed by atoms with Crippen molar-refractivity contribution in [2.45, 2.75) is 39.8 Å². The van der Waals surface area contributed by atoms with Gasteiger partial charge < -0.3 is 5.32 Å². The van der Waals surface area contributed by atoms with Gasteiger partial charge in [0.25, 0.3) is 0 Å². The number of hydrogen-bond acceptors (Lipinski definition) is 2. The Morgan fingerprint density at radius 3 is 2.75 bits per heavy atom. The van der Waals surface area contributed by atoms with Gasteiger partial charge in [0.2, 0.25) is 0 Å². The van der Waals surface area contributed by atoms with Gasteiger partial charge in [-0.25, -0.2) is 0 Å². The first-order valence-electron chi connectivity index (χ1n) is 5.89. The van der Waals surface area contributed by atoms with Crippen LogP contribution in [-0.2, 0) is 6.54 Å². The lowest BCUT2D eigenvalue weighted by atomic mass is 10.0. The van der Waals surface area contributed by atoms with Crippen LogP contribution in [0.2, 0.25) is 0 Å². The maximum Gasteiger partial charge on any atom is 0.0698 e. The summed E-state index contributed by atoms with van der Waals surface area (Å²) in [4.78, 5) is 0. The van der Waals surface area contributed by atoms with Gasteiger partial charge in [-0.05, 0) is 47.7 Å². The molecule has 0 radical (unpaired) electrons. The van der Waals surface area contributed by atoms with Crippen LogP contribution in [0.1, 0.15) is 38.9 Å². The Labute approximate surface area is 106 Å². The zero-order valence-electron chi connectivity index (χ0n) is 10.4. The van der Waals surface area contributed by atoms with Crippen molar-refractivity contribution < 1.29 is 0 Å². The third-order valence-electron chi connectivity index (χ3n) is 3.73. The van der Waals surface area contributed by atoms with Crippen molar-refractivity contribution in [3.63, 3.8) is 0 Å². The Hall–Kier alpha value is -0.350. The topological polar surface area (TPSA) is 29.9 Å². The Bertz CT molecular complexity index is 384. The molecule has 0 bridgehead atoms. The van der Waals surface area contributed by atoms with Crippen molar-refractivity contribution in [2.24, 2.45) is 11.3 Å². The van der Waals surface area contributed by atoms with Crippen molar-refractivity contribution in [1.29, 1.82) is 0 Å². The van der Waals surface area contributed by atoms with E-state index in [-0.39, 0.29) is 0 Å². The standard InChI is InChI=1S/C12H20BrN3/c1-5-16-11(9(13)7-15-16)10(14-4)8-6-12(8,2)3/h7-8,10,14H,5-6H2,1-4H3. The van der Waals surface area contributed by atoms with Crippen LogP contribution in [0, 0.1) is 11.3 Å².